The van der Waals surface area contributed by atoms with Gasteiger partial charge in [-0.1, -0.05) is 74.0 Å². The molecule has 22 heavy (non-hydrogen) atoms. The molecule has 0 spiro atoms. The molecule has 0 unspecified atom stereocenters. The summed E-state index contributed by atoms with van der Waals surface area (Å²) >= 11 is 0. The summed E-state index contributed by atoms with van der Waals surface area (Å²) in [5, 5.41) is 4.31. The van der Waals surface area contributed by atoms with Crippen LogP contribution in [-0.2, 0) is 11.2 Å². The fourth-order valence-electron chi connectivity index (χ4n) is 2.22. The van der Waals surface area contributed by atoms with Crippen LogP contribution in [0.1, 0.15) is 37.3 Å². The largest absolute Gasteiger partial charge is 0.273 e. The Hall–Kier alpha value is -2.42. The lowest BCUT2D eigenvalue weighted by Gasteiger charge is -2.06. The first kappa shape index (κ1) is 16.0. The van der Waals surface area contributed by atoms with E-state index in [-0.39, 0.29) is 5.91 Å². The minimum absolute atomic E-state index is 0.0478. The highest BCUT2D eigenvalue weighted by molar-refractivity contribution is 6.01. The van der Waals surface area contributed by atoms with E-state index in [9.17, 15) is 4.79 Å². The van der Waals surface area contributed by atoms with E-state index in [1.165, 1.54) is 5.56 Å². The van der Waals surface area contributed by atoms with Crippen LogP contribution < -0.4 is 5.43 Å². The van der Waals surface area contributed by atoms with E-state index in [2.05, 4.69) is 17.5 Å². The van der Waals surface area contributed by atoms with Crippen LogP contribution in [0.25, 0.3) is 0 Å². The van der Waals surface area contributed by atoms with Gasteiger partial charge in [0.2, 0.25) is 5.91 Å². The number of aryl methyl sites for hydroxylation is 1. The third-order valence-corrected chi connectivity index (χ3v) is 3.39. The van der Waals surface area contributed by atoms with Gasteiger partial charge >= 0.3 is 0 Å². The van der Waals surface area contributed by atoms with Gasteiger partial charge in [0.05, 0.1) is 5.71 Å². The van der Waals surface area contributed by atoms with Crippen molar-refractivity contribution in [1.82, 2.24) is 5.43 Å². The topological polar surface area (TPSA) is 41.5 Å². The van der Waals surface area contributed by atoms with Crippen molar-refractivity contribution in [3.05, 3.63) is 71.8 Å². The molecule has 2 rings (SSSR count). The van der Waals surface area contributed by atoms with Gasteiger partial charge in [0.1, 0.15) is 0 Å². The maximum Gasteiger partial charge on any atom is 0.240 e. The van der Waals surface area contributed by atoms with Gasteiger partial charge in [-0.15, -0.1) is 0 Å². The Kier molecular flexibility index (Phi) is 6.37. The molecule has 114 valence electrons. The number of hydrazone groups is 1. The summed E-state index contributed by atoms with van der Waals surface area (Å²) in [6.07, 6.45) is 3.02. The van der Waals surface area contributed by atoms with Crippen LogP contribution in [0.15, 0.2) is 65.8 Å². The highest BCUT2D eigenvalue weighted by atomic mass is 16.2. The molecule has 2 aromatic rings. The molecule has 2 aromatic carbocycles. The van der Waals surface area contributed by atoms with E-state index >= 15 is 0 Å². The van der Waals surface area contributed by atoms with Crippen molar-refractivity contribution >= 4 is 11.6 Å². The standard InChI is InChI=1S/C19H22N2O/c1-2-9-18(17-12-7-4-8-13-17)20-21-19(22)15-14-16-10-5-3-6-11-16/h3-8,10-13H,2,9,14-15H2,1H3,(H,21,22)/b20-18-. The molecule has 0 aliphatic rings. The molecular weight excluding hydrogens is 272 g/mol. The summed E-state index contributed by atoms with van der Waals surface area (Å²) in [6.45, 7) is 2.11. The minimum Gasteiger partial charge on any atom is -0.273 e. The van der Waals surface area contributed by atoms with Crippen LogP contribution in [0.4, 0.5) is 0 Å². The quantitative estimate of drug-likeness (QED) is 0.610. The molecule has 0 aromatic heterocycles. The highest BCUT2D eigenvalue weighted by Gasteiger charge is 2.05. The maximum absolute atomic E-state index is 11.9. The lowest BCUT2D eigenvalue weighted by Crippen LogP contribution is -2.20. The first-order valence-electron chi connectivity index (χ1n) is 7.74. The van der Waals surface area contributed by atoms with Gasteiger partial charge in [0.25, 0.3) is 0 Å². The molecule has 3 nitrogen and oxygen atoms in total. The maximum atomic E-state index is 11.9. The number of nitrogens with zero attached hydrogens (tertiary/aromatic N) is 1. The molecular formula is C19H22N2O. The summed E-state index contributed by atoms with van der Waals surface area (Å²) in [5.74, 6) is -0.0478. The Bertz CT molecular complexity index is 606. The van der Waals surface area contributed by atoms with E-state index in [0.717, 1.165) is 30.5 Å². The van der Waals surface area contributed by atoms with E-state index in [4.69, 9.17) is 0 Å². The average molecular weight is 294 g/mol. The lowest BCUT2D eigenvalue weighted by molar-refractivity contribution is -0.121. The summed E-state index contributed by atoms with van der Waals surface area (Å²) < 4.78 is 0. The summed E-state index contributed by atoms with van der Waals surface area (Å²) in [4.78, 5) is 11.9. The Labute approximate surface area is 132 Å². The Balaban J connectivity index is 1.91. The molecule has 3 heteroatoms. The Morgan fingerprint density at radius 2 is 1.59 bits per heavy atom. The summed E-state index contributed by atoms with van der Waals surface area (Å²) in [6, 6.07) is 20.0. The van der Waals surface area contributed by atoms with Crippen molar-refractivity contribution in [2.75, 3.05) is 0 Å². The number of hydrogen-bond donors (Lipinski definition) is 1. The number of carbonyl (C=O) groups excluding carboxylic acids is 1. The molecule has 1 amide bonds. The number of amides is 1. The number of carbonyl (C=O) groups is 1. The zero-order valence-electron chi connectivity index (χ0n) is 13.0. The van der Waals surface area contributed by atoms with Gasteiger partial charge in [-0.25, -0.2) is 5.43 Å². The Morgan fingerprint density at radius 3 is 2.23 bits per heavy atom. The van der Waals surface area contributed by atoms with Gasteiger partial charge in [-0.2, -0.15) is 5.10 Å². The zero-order valence-corrected chi connectivity index (χ0v) is 13.0. The fraction of sp³-hybridized carbons (Fsp3) is 0.263. The van der Waals surface area contributed by atoms with Crippen molar-refractivity contribution in [2.24, 2.45) is 5.10 Å². The van der Waals surface area contributed by atoms with Crippen LogP contribution in [-0.4, -0.2) is 11.6 Å². The van der Waals surface area contributed by atoms with E-state index in [1.807, 2.05) is 60.7 Å². The monoisotopic (exact) mass is 294 g/mol. The van der Waals surface area contributed by atoms with Crippen molar-refractivity contribution in [2.45, 2.75) is 32.6 Å². The van der Waals surface area contributed by atoms with Gasteiger partial charge in [0.15, 0.2) is 0 Å². The zero-order chi connectivity index (χ0) is 15.6. The molecule has 0 heterocycles. The molecule has 0 saturated heterocycles. The normalized spacial score (nSPS) is 11.2. The van der Waals surface area contributed by atoms with E-state index in [1.54, 1.807) is 0 Å². The SMILES string of the molecule is CCC/C(=N/NC(=O)CCc1ccccc1)c1ccccc1. The molecule has 0 saturated carbocycles. The number of rotatable bonds is 7. The molecule has 0 fully saturated rings. The van der Waals surface area contributed by atoms with Crippen LogP contribution in [0.3, 0.4) is 0 Å². The average Bonchev–Trinajstić information content (AvgIpc) is 2.58. The van der Waals surface area contributed by atoms with Crippen LogP contribution in [0.5, 0.6) is 0 Å². The number of hydrogen-bond acceptors (Lipinski definition) is 2. The van der Waals surface area contributed by atoms with Crippen molar-refractivity contribution < 1.29 is 4.79 Å². The predicted octanol–water partition coefficient (Wildman–Crippen LogP) is 3.94. The first-order chi connectivity index (χ1) is 10.8. The van der Waals surface area contributed by atoms with Gasteiger partial charge in [-0.05, 0) is 24.0 Å². The molecule has 0 aliphatic heterocycles. The molecule has 0 aliphatic carbocycles. The second-order valence-electron chi connectivity index (χ2n) is 5.20. The third kappa shape index (κ3) is 5.17. The van der Waals surface area contributed by atoms with Gasteiger partial charge in [-0.3, -0.25) is 4.79 Å². The fourth-order valence-corrected chi connectivity index (χ4v) is 2.22. The molecule has 0 atom stereocenters. The van der Waals surface area contributed by atoms with Crippen molar-refractivity contribution in [3.8, 4) is 0 Å². The highest BCUT2D eigenvalue weighted by Crippen LogP contribution is 2.06. The number of benzene rings is 2. The predicted molar refractivity (Wildman–Crippen MR) is 90.8 cm³/mol. The van der Waals surface area contributed by atoms with E-state index in [0.29, 0.717) is 6.42 Å². The molecule has 1 N–H and O–H groups in total. The molecule has 0 bridgehead atoms. The lowest BCUT2D eigenvalue weighted by atomic mass is 10.1. The van der Waals surface area contributed by atoms with E-state index < -0.39 is 0 Å². The number of nitrogens with one attached hydrogen (secondary N) is 1. The van der Waals surface area contributed by atoms with Crippen molar-refractivity contribution in [3.63, 3.8) is 0 Å². The van der Waals surface area contributed by atoms with Gasteiger partial charge in [0, 0.05) is 6.42 Å². The first-order valence-corrected chi connectivity index (χ1v) is 7.74. The Morgan fingerprint density at radius 1 is 0.955 bits per heavy atom. The summed E-state index contributed by atoms with van der Waals surface area (Å²) in [7, 11) is 0. The second kappa shape index (κ2) is 8.78. The summed E-state index contributed by atoms with van der Waals surface area (Å²) in [5.41, 5.74) is 5.84. The minimum atomic E-state index is -0.0478. The van der Waals surface area contributed by atoms with Crippen LogP contribution >= 0.6 is 0 Å². The smallest absolute Gasteiger partial charge is 0.240 e. The molecule has 0 radical (unpaired) electrons. The third-order valence-electron chi connectivity index (χ3n) is 3.39. The second-order valence-corrected chi connectivity index (χ2v) is 5.20. The van der Waals surface area contributed by atoms with Crippen LogP contribution in [0, 0.1) is 0 Å². The van der Waals surface area contributed by atoms with Gasteiger partial charge < -0.3 is 0 Å². The van der Waals surface area contributed by atoms with Crippen LogP contribution in [0.2, 0.25) is 0 Å². The van der Waals surface area contributed by atoms with Crippen molar-refractivity contribution in [1.29, 1.82) is 0 Å².